The van der Waals surface area contributed by atoms with Gasteiger partial charge in [-0.15, -0.1) is 0 Å². The average Bonchev–Trinajstić information content (AvgIpc) is 2.29. The average molecular weight is 222 g/mol. The van der Waals surface area contributed by atoms with E-state index >= 15 is 0 Å². The number of nitrogens with zero attached hydrogens (tertiary/aromatic N) is 2. The largest absolute Gasteiger partial charge is 0.496 e. The molecule has 6 nitrogen and oxygen atoms in total. The lowest BCUT2D eigenvalue weighted by molar-refractivity contribution is -0.386. The van der Waals surface area contributed by atoms with Crippen molar-refractivity contribution in [3.63, 3.8) is 0 Å². The number of hydrogen-bond donors (Lipinski definition) is 0. The number of benzene rings is 1. The van der Waals surface area contributed by atoms with Gasteiger partial charge in [-0.3, -0.25) is 10.1 Å². The van der Waals surface area contributed by atoms with Crippen LogP contribution in [0.15, 0.2) is 18.2 Å². The highest BCUT2D eigenvalue weighted by atomic mass is 16.6. The summed E-state index contributed by atoms with van der Waals surface area (Å²) in [6.07, 6.45) is -0.743. The maximum Gasteiger partial charge on any atom is 0.314 e. The van der Waals surface area contributed by atoms with Gasteiger partial charge in [-0.2, -0.15) is 5.26 Å². The maximum absolute atomic E-state index is 10.7. The van der Waals surface area contributed by atoms with Crippen molar-refractivity contribution in [2.24, 2.45) is 0 Å². The number of nitro benzene ring substituents is 1. The van der Waals surface area contributed by atoms with Crippen molar-refractivity contribution >= 4 is 5.69 Å². The molecular weight excluding hydrogens is 212 g/mol. The second kappa shape index (κ2) is 4.98. The minimum absolute atomic E-state index is 0.0554. The predicted molar refractivity (Wildman–Crippen MR) is 55.4 cm³/mol. The summed E-state index contributed by atoms with van der Waals surface area (Å²) in [4.78, 5) is 10.2. The zero-order chi connectivity index (χ0) is 12.1. The number of hydrogen-bond acceptors (Lipinski definition) is 5. The van der Waals surface area contributed by atoms with Gasteiger partial charge in [0.05, 0.1) is 18.1 Å². The molecule has 84 valence electrons. The Bertz CT molecular complexity index is 439. The molecule has 0 fully saturated rings. The molecule has 1 rings (SSSR count). The van der Waals surface area contributed by atoms with Crippen LogP contribution in [0.3, 0.4) is 0 Å². The smallest absolute Gasteiger partial charge is 0.314 e. The van der Waals surface area contributed by atoms with Gasteiger partial charge >= 0.3 is 5.69 Å². The molecule has 0 aliphatic heterocycles. The quantitative estimate of drug-likeness (QED) is 0.573. The van der Waals surface area contributed by atoms with Crippen molar-refractivity contribution in [3.05, 3.63) is 28.3 Å². The minimum atomic E-state index is -0.743. The lowest BCUT2D eigenvalue weighted by atomic mass is 10.2. The van der Waals surface area contributed by atoms with E-state index in [1.165, 1.54) is 32.2 Å². The molecule has 0 amide bonds. The summed E-state index contributed by atoms with van der Waals surface area (Å²) in [6.45, 7) is 1.51. The first-order valence-corrected chi connectivity index (χ1v) is 4.47. The second-order valence-electron chi connectivity index (χ2n) is 2.98. The van der Waals surface area contributed by atoms with E-state index in [1.54, 1.807) is 0 Å². The Morgan fingerprint density at radius 1 is 1.56 bits per heavy atom. The Kier molecular flexibility index (Phi) is 3.67. The van der Waals surface area contributed by atoms with E-state index in [4.69, 9.17) is 14.7 Å². The fourth-order valence-electron chi connectivity index (χ4n) is 1.08. The number of methoxy groups -OCH3 is 1. The van der Waals surface area contributed by atoms with E-state index in [-0.39, 0.29) is 11.4 Å². The predicted octanol–water partition coefficient (Wildman–Crippen LogP) is 1.89. The van der Waals surface area contributed by atoms with Gasteiger partial charge in [-0.25, -0.2) is 0 Å². The normalized spacial score (nSPS) is 11.3. The Balaban J connectivity index is 3.09. The van der Waals surface area contributed by atoms with Gasteiger partial charge in [-0.05, 0) is 19.1 Å². The third-order valence-corrected chi connectivity index (χ3v) is 1.85. The SMILES string of the molecule is COc1ccc(O[C@@H](C)C#N)c([N+](=O)[O-])c1. The molecule has 0 unspecified atom stereocenters. The molecule has 1 aromatic carbocycles. The summed E-state index contributed by atoms with van der Waals surface area (Å²) in [7, 11) is 1.41. The number of nitro groups is 1. The first-order chi connectivity index (χ1) is 7.58. The molecule has 6 heteroatoms. The lowest BCUT2D eigenvalue weighted by Crippen LogP contribution is -2.09. The summed E-state index contributed by atoms with van der Waals surface area (Å²) in [5, 5.41) is 19.3. The molecule has 0 saturated carbocycles. The van der Waals surface area contributed by atoms with Crippen LogP contribution in [0.5, 0.6) is 11.5 Å². The van der Waals surface area contributed by atoms with Gasteiger partial charge in [0.1, 0.15) is 11.8 Å². The zero-order valence-electron chi connectivity index (χ0n) is 8.84. The summed E-state index contributed by atoms with van der Waals surface area (Å²) in [5.41, 5.74) is -0.221. The third-order valence-electron chi connectivity index (χ3n) is 1.85. The Morgan fingerprint density at radius 3 is 2.75 bits per heavy atom. The van der Waals surface area contributed by atoms with Gasteiger partial charge in [0, 0.05) is 0 Å². The molecule has 0 radical (unpaired) electrons. The minimum Gasteiger partial charge on any atom is -0.496 e. The number of ether oxygens (including phenoxy) is 2. The van der Waals surface area contributed by atoms with Crippen LogP contribution in [-0.2, 0) is 0 Å². The molecule has 0 spiro atoms. The zero-order valence-corrected chi connectivity index (χ0v) is 8.84. The lowest BCUT2D eigenvalue weighted by Gasteiger charge is -2.08. The van der Waals surface area contributed by atoms with Crippen molar-refractivity contribution in [1.82, 2.24) is 0 Å². The highest BCUT2D eigenvalue weighted by Crippen LogP contribution is 2.31. The summed E-state index contributed by atoms with van der Waals surface area (Å²) in [6, 6.07) is 6.02. The van der Waals surface area contributed by atoms with Crippen molar-refractivity contribution < 1.29 is 14.4 Å². The van der Waals surface area contributed by atoms with Crippen molar-refractivity contribution in [2.75, 3.05) is 7.11 Å². The van der Waals surface area contributed by atoms with E-state index in [1.807, 2.05) is 6.07 Å². The highest BCUT2D eigenvalue weighted by molar-refractivity contribution is 5.51. The fraction of sp³-hybridized carbons (Fsp3) is 0.300. The van der Waals surface area contributed by atoms with Gasteiger partial charge in [0.2, 0.25) is 0 Å². The maximum atomic E-state index is 10.7. The first kappa shape index (κ1) is 11.8. The monoisotopic (exact) mass is 222 g/mol. The van der Waals surface area contributed by atoms with E-state index in [9.17, 15) is 10.1 Å². The van der Waals surface area contributed by atoms with Crippen molar-refractivity contribution in [3.8, 4) is 17.6 Å². The van der Waals surface area contributed by atoms with Crippen molar-refractivity contribution in [2.45, 2.75) is 13.0 Å². The van der Waals surface area contributed by atoms with Gasteiger partial charge in [-0.1, -0.05) is 0 Å². The standard InChI is InChI=1S/C10H10N2O4/c1-7(6-11)16-10-4-3-8(15-2)5-9(10)12(13)14/h3-5,7H,1-2H3/t7-/m0/s1. The number of nitriles is 1. The Morgan fingerprint density at radius 2 is 2.25 bits per heavy atom. The van der Waals surface area contributed by atoms with E-state index in [0.29, 0.717) is 5.75 Å². The molecule has 0 N–H and O–H groups in total. The molecule has 0 aliphatic carbocycles. The molecular formula is C10H10N2O4. The third kappa shape index (κ3) is 2.60. The molecule has 16 heavy (non-hydrogen) atoms. The summed E-state index contributed by atoms with van der Waals surface area (Å²) < 4.78 is 9.96. The molecule has 1 atom stereocenters. The van der Waals surface area contributed by atoms with Crippen LogP contribution in [0.25, 0.3) is 0 Å². The molecule has 0 bridgehead atoms. The second-order valence-corrected chi connectivity index (χ2v) is 2.98. The molecule has 0 aromatic heterocycles. The molecule has 0 heterocycles. The van der Waals surface area contributed by atoms with Crippen LogP contribution in [0.2, 0.25) is 0 Å². The van der Waals surface area contributed by atoms with Crippen molar-refractivity contribution in [1.29, 1.82) is 5.26 Å². The van der Waals surface area contributed by atoms with Gasteiger partial charge in [0.25, 0.3) is 0 Å². The van der Waals surface area contributed by atoms with Gasteiger partial charge in [0.15, 0.2) is 11.9 Å². The summed E-state index contributed by atoms with van der Waals surface area (Å²) >= 11 is 0. The Labute approximate surface area is 92.2 Å². The van der Waals surface area contributed by atoms with E-state index in [0.717, 1.165) is 0 Å². The fourth-order valence-corrected chi connectivity index (χ4v) is 1.08. The molecule has 1 aromatic rings. The highest BCUT2D eigenvalue weighted by Gasteiger charge is 2.18. The topological polar surface area (TPSA) is 85.4 Å². The van der Waals surface area contributed by atoms with E-state index in [2.05, 4.69) is 0 Å². The summed E-state index contributed by atoms with van der Waals surface area (Å²) in [5.74, 6) is 0.420. The van der Waals surface area contributed by atoms with Crippen LogP contribution in [0.4, 0.5) is 5.69 Å². The van der Waals surface area contributed by atoms with Crippen LogP contribution < -0.4 is 9.47 Å². The van der Waals surface area contributed by atoms with Gasteiger partial charge < -0.3 is 9.47 Å². The first-order valence-electron chi connectivity index (χ1n) is 4.47. The van der Waals surface area contributed by atoms with E-state index < -0.39 is 11.0 Å². The molecule has 0 aliphatic rings. The van der Waals surface area contributed by atoms with Crippen LogP contribution in [0.1, 0.15) is 6.92 Å². The number of rotatable bonds is 4. The Hall–Kier alpha value is -2.29. The van der Waals surface area contributed by atoms with Crippen LogP contribution in [0, 0.1) is 21.4 Å². The van der Waals surface area contributed by atoms with Crippen LogP contribution >= 0.6 is 0 Å². The van der Waals surface area contributed by atoms with Crippen LogP contribution in [-0.4, -0.2) is 18.1 Å². The molecule has 0 saturated heterocycles.